The van der Waals surface area contributed by atoms with Crippen LogP contribution in [-0.2, 0) is 16.6 Å². The first-order valence-electron chi connectivity index (χ1n) is 6.94. The summed E-state index contributed by atoms with van der Waals surface area (Å²) in [6, 6.07) is 5.44. The van der Waals surface area contributed by atoms with E-state index in [4.69, 9.17) is 0 Å². The normalized spacial score (nSPS) is 17.3. The van der Waals surface area contributed by atoms with Crippen molar-refractivity contribution in [3.05, 3.63) is 29.3 Å². The number of thioether (sulfide) groups is 1. The highest BCUT2D eigenvalue weighted by atomic mass is 32.2. The van der Waals surface area contributed by atoms with E-state index in [1.165, 1.54) is 0 Å². The first-order chi connectivity index (χ1) is 9.55. The summed E-state index contributed by atoms with van der Waals surface area (Å²) in [5.41, 5.74) is 2.18. The van der Waals surface area contributed by atoms with Gasteiger partial charge in [-0.3, -0.25) is 0 Å². The summed E-state index contributed by atoms with van der Waals surface area (Å²) < 4.78 is 26.8. The van der Waals surface area contributed by atoms with Crippen molar-refractivity contribution in [2.75, 3.05) is 31.1 Å². The van der Waals surface area contributed by atoms with Crippen LogP contribution in [0.4, 0.5) is 0 Å². The van der Waals surface area contributed by atoms with Crippen LogP contribution >= 0.6 is 11.8 Å². The molecule has 0 bridgehead atoms. The second kappa shape index (κ2) is 6.93. The second-order valence-electron chi connectivity index (χ2n) is 4.89. The number of hydrogen-bond acceptors (Lipinski definition) is 4. The van der Waals surface area contributed by atoms with Gasteiger partial charge in [-0.2, -0.15) is 16.1 Å². The molecule has 6 heteroatoms. The van der Waals surface area contributed by atoms with Gasteiger partial charge in [0.15, 0.2) is 0 Å². The Labute approximate surface area is 126 Å². The molecule has 0 saturated carbocycles. The minimum atomic E-state index is -3.33. The lowest BCUT2D eigenvalue weighted by atomic mass is 10.1. The van der Waals surface area contributed by atoms with Crippen LogP contribution in [0.25, 0.3) is 0 Å². The number of hydrogen-bond donors (Lipinski definition) is 1. The Morgan fingerprint density at radius 2 is 2.00 bits per heavy atom. The Morgan fingerprint density at radius 1 is 1.30 bits per heavy atom. The van der Waals surface area contributed by atoms with Crippen LogP contribution in [0.15, 0.2) is 23.1 Å². The zero-order chi connectivity index (χ0) is 14.6. The van der Waals surface area contributed by atoms with Gasteiger partial charge < -0.3 is 5.32 Å². The van der Waals surface area contributed by atoms with Crippen molar-refractivity contribution in [2.45, 2.75) is 25.3 Å². The molecule has 0 amide bonds. The average molecular weight is 314 g/mol. The lowest BCUT2D eigenvalue weighted by molar-refractivity contribution is 0.443. The predicted molar refractivity (Wildman–Crippen MR) is 84.6 cm³/mol. The van der Waals surface area contributed by atoms with Crippen molar-refractivity contribution < 1.29 is 8.42 Å². The van der Waals surface area contributed by atoms with Crippen molar-refractivity contribution in [3.8, 4) is 0 Å². The summed E-state index contributed by atoms with van der Waals surface area (Å²) >= 11 is 1.81. The van der Waals surface area contributed by atoms with Gasteiger partial charge in [0.05, 0.1) is 4.90 Å². The van der Waals surface area contributed by atoms with Gasteiger partial charge in [-0.1, -0.05) is 13.0 Å². The minimum absolute atomic E-state index is 0.419. The standard InChI is InChI=1S/C14H22N2O2S2/c1-3-15-11-13-10-14(5-4-12(13)2)20(17,18)16-6-8-19-9-7-16/h4-5,10,15H,3,6-9,11H2,1-2H3. The topological polar surface area (TPSA) is 49.4 Å². The summed E-state index contributed by atoms with van der Waals surface area (Å²) in [4.78, 5) is 0.419. The lowest BCUT2D eigenvalue weighted by Gasteiger charge is -2.26. The lowest BCUT2D eigenvalue weighted by Crippen LogP contribution is -2.37. The third-order valence-corrected chi connectivity index (χ3v) is 6.33. The molecule has 1 heterocycles. The van der Waals surface area contributed by atoms with E-state index in [0.717, 1.165) is 29.2 Å². The van der Waals surface area contributed by atoms with Crippen molar-refractivity contribution in [1.29, 1.82) is 0 Å². The molecule has 1 aliphatic heterocycles. The van der Waals surface area contributed by atoms with Gasteiger partial charge in [0.25, 0.3) is 0 Å². The number of aryl methyl sites for hydroxylation is 1. The number of sulfonamides is 1. The molecule has 0 radical (unpaired) electrons. The number of nitrogens with zero attached hydrogens (tertiary/aromatic N) is 1. The van der Waals surface area contributed by atoms with Gasteiger partial charge in [0.1, 0.15) is 0 Å². The molecule has 112 valence electrons. The minimum Gasteiger partial charge on any atom is -0.313 e. The first kappa shape index (κ1) is 15.8. The van der Waals surface area contributed by atoms with Gasteiger partial charge in [-0.25, -0.2) is 8.42 Å². The summed E-state index contributed by atoms with van der Waals surface area (Å²) in [6.45, 7) is 6.87. The average Bonchev–Trinajstić information content (AvgIpc) is 2.47. The van der Waals surface area contributed by atoms with Crippen LogP contribution in [-0.4, -0.2) is 43.9 Å². The largest absolute Gasteiger partial charge is 0.313 e. The van der Waals surface area contributed by atoms with Crippen LogP contribution in [0, 0.1) is 6.92 Å². The molecule has 1 N–H and O–H groups in total. The highest BCUT2D eigenvalue weighted by molar-refractivity contribution is 7.99. The summed E-state index contributed by atoms with van der Waals surface area (Å²) in [5, 5.41) is 3.25. The fourth-order valence-corrected chi connectivity index (χ4v) is 4.82. The summed E-state index contributed by atoms with van der Waals surface area (Å²) in [5.74, 6) is 1.77. The monoisotopic (exact) mass is 314 g/mol. The fourth-order valence-electron chi connectivity index (χ4n) is 2.19. The third-order valence-electron chi connectivity index (χ3n) is 3.49. The van der Waals surface area contributed by atoms with Gasteiger partial charge >= 0.3 is 0 Å². The van der Waals surface area contributed by atoms with Crippen molar-refractivity contribution in [2.24, 2.45) is 0 Å². The molecule has 0 aromatic heterocycles. The molecule has 20 heavy (non-hydrogen) atoms. The maximum Gasteiger partial charge on any atom is 0.243 e. The highest BCUT2D eigenvalue weighted by Gasteiger charge is 2.26. The number of rotatable bonds is 5. The first-order valence-corrected chi connectivity index (χ1v) is 9.53. The number of benzene rings is 1. The molecule has 1 aromatic carbocycles. The van der Waals surface area contributed by atoms with E-state index in [1.807, 2.05) is 37.7 Å². The molecular weight excluding hydrogens is 292 g/mol. The number of nitrogens with one attached hydrogen (secondary N) is 1. The fraction of sp³-hybridized carbons (Fsp3) is 0.571. The molecule has 4 nitrogen and oxygen atoms in total. The van der Waals surface area contributed by atoms with E-state index < -0.39 is 10.0 Å². The van der Waals surface area contributed by atoms with Gasteiger partial charge in [0.2, 0.25) is 10.0 Å². The van der Waals surface area contributed by atoms with E-state index in [1.54, 1.807) is 10.4 Å². The molecule has 0 unspecified atom stereocenters. The van der Waals surface area contributed by atoms with Crippen LogP contribution in [0.5, 0.6) is 0 Å². The molecule has 0 atom stereocenters. The molecule has 1 fully saturated rings. The van der Waals surface area contributed by atoms with Crippen molar-refractivity contribution >= 4 is 21.8 Å². The maximum atomic E-state index is 12.6. The van der Waals surface area contributed by atoms with Crippen LogP contribution < -0.4 is 5.32 Å². The molecular formula is C14H22N2O2S2. The van der Waals surface area contributed by atoms with Gasteiger partial charge in [-0.15, -0.1) is 0 Å². The van der Waals surface area contributed by atoms with Crippen molar-refractivity contribution in [1.82, 2.24) is 9.62 Å². The second-order valence-corrected chi connectivity index (χ2v) is 8.05. The Balaban J connectivity index is 2.26. The van der Waals surface area contributed by atoms with Crippen LogP contribution in [0.1, 0.15) is 18.1 Å². The van der Waals surface area contributed by atoms with E-state index in [0.29, 0.717) is 24.5 Å². The zero-order valence-corrected chi connectivity index (χ0v) is 13.7. The van der Waals surface area contributed by atoms with E-state index in [9.17, 15) is 8.42 Å². The Morgan fingerprint density at radius 3 is 2.65 bits per heavy atom. The van der Waals surface area contributed by atoms with E-state index in [2.05, 4.69) is 5.32 Å². The predicted octanol–water partition coefficient (Wildman–Crippen LogP) is 1.84. The van der Waals surface area contributed by atoms with Crippen LogP contribution in [0.3, 0.4) is 0 Å². The molecule has 0 aliphatic carbocycles. The van der Waals surface area contributed by atoms with E-state index in [-0.39, 0.29) is 0 Å². The van der Waals surface area contributed by atoms with Gasteiger partial charge in [0, 0.05) is 31.1 Å². The summed E-state index contributed by atoms with van der Waals surface area (Å²) in [6.07, 6.45) is 0. The quantitative estimate of drug-likeness (QED) is 0.901. The van der Waals surface area contributed by atoms with Gasteiger partial charge in [-0.05, 0) is 36.7 Å². The summed E-state index contributed by atoms with van der Waals surface area (Å²) in [7, 11) is -3.33. The molecule has 1 aliphatic rings. The SMILES string of the molecule is CCNCc1cc(S(=O)(=O)N2CCSCC2)ccc1C. The molecule has 2 rings (SSSR count). The van der Waals surface area contributed by atoms with Crippen molar-refractivity contribution in [3.63, 3.8) is 0 Å². The third kappa shape index (κ3) is 3.55. The molecule has 1 saturated heterocycles. The maximum absolute atomic E-state index is 12.6. The Bertz CT molecular complexity index is 552. The van der Waals surface area contributed by atoms with Crippen LogP contribution in [0.2, 0.25) is 0 Å². The Hall–Kier alpha value is -0.560. The van der Waals surface area contributed by atoms with E-state index >= 15 is 0 Å². The zero-order valence-electron chi connectivity index (χ0n) is 12.1. The molecule has 1 aromatic rings. The molecule has 0 spiro atoms. The smallest absolute Gasteiger partial charge is 0.243 e. The highest BCUT2D eigenvalue weighted by Crippen LogP contribution is 2.22. The Kier molecular flexibility index (Phi) is 5.49.